The molecule has 0 heterocycles. The van der Waals surface area contributed by atoms with Crippen molar-refractivity contribution in [3.8, 4) is 0 Å². The molecule has 5 nitrogen and oxygen atoms in total. The summed E-state index contributed by atoms with van der Waals surface area (Å²) in [6.07, 6.45) is 0. The van der Waals surface area contributed by atoms with Gasteiger partial charge in [-0.2, -0.15) is 0 Å². The van der Waals surface area contributed by atoms with Gasteiger partial charge in [-0.3, -0.25) is 9.00 Å². The highest BCUT2D eigenvalue weighted by Crippen LogP contribution is 2.11. The monoisotopic (exact) mass is 346 g/mol. The quantitative estimate of drug-likeness (QED) is 0.780. The first-order valence-electron chi connectivity index (χ1n) is 7.37. The Morgan fingerprint density at radius 3 is 2.25 bits per heavy atom. The Balaban J connectivity index is 1.88. The summed E-state index contributed by atoms with van der Waals surface area (Å²) in [6.45, 7) is 1.71. The Hall–Kier alpha value is -2.47. The van der Waals surface area contributed by atoms with Gasteiger partial charge in [-0.05, 0) is 30.2 Å². The number of esters is 1. The van der Waals surface area contributed by atoms with Gasteiger partial charge in [0, 0.05) is 16.6 Å². The van der Waals surface area contributed by atoms with E-state index < -0.39 is 28.0 Å². The highest BCUT2D eigenvalue weighted by Gasteiger charge is 2.21. The molecule has 0 aliphatic rings. The van der Waals surface area contributed by atoms with Crippen LogP contribution in [0, 0.1) is 0 Å². The lowest BCUT2D eigenvalue weighted by molar-refractivity contribution is -0.144. The Bertz CT molecular complexity index is 725. The van der Waals surface area contributed by atoms with Gasteiger partial charge >= 0.3 is 11.9 Å². The Morgan fingerprint density at radius 2 is 1.67 bits per heavy atom. The second kappa shape index (κ2) is 8.40. The summed E-state index contributed by atoms with van der Waals surface area (Å²) in [6, 6.07) is 15.4. The SMILES string of the molecule is CC(C(=O)OCc1ccccc1)S(=O)Cc1ccc(C(=O)O)cc1. The summed E-state index contributed by atoms with van der Waals surface area (Å²) in [5, 5.41) is 8.09. The van der Waals surface area contributed by atoms with Crippen molar-refractivity contribution in [3.05, 3.63) is 71.3 Å². The highest BCUT2D eigenvalue weighted by atomic mass is 32.2. The van der Waals surface area contributed by atoms with Crippen LogP contribution in [0.1, 0.15) is 28.4 Å². The van der Waals surface area contributed by atoms with E-state index in [1.165, 1.54) is 12.1 Å². The minimum Gasteiger partial charge on any atom is -0.478 e. The van der Waals surface area contributed by atoms with Gasteiger partial charge in [0.15, 0.2) is 0 Å². The number of ether oxygens (including phenoxy) is 1. The van der Waals surface area contributed by atoms with E-state index in [9.17, 15) is 13.8 Å². The average Bonchev–Trinajstić information content (AvgIpc) is 2.60. The van der Waals surface area contributed by atoms with E-state index in [2.05, 4.69) is 0 Å². The third-order valence-electron chi connectivity index (χ3n) is 3.46. The topological polar surface area (TPSA) is 80.7 Å². The van der Waals surface area contributed by atoms with E-state index in [0.717, 1.165) is 5.56 Å². The van der Waals surface area contributed by atoms with Crippen molar-refractivity contribution < 1.29 is 23.6 Å². The molecule has 2 rings (SSSR count). The highest BCUT2D eigenvalue weighted by molar-refractivity contribution is 7.85. The van der Waals surface area contributed by atoms with Crippen molar-refractivity contribution in [2.75, 3.05) is 0 Å². The maximum atomic E-state index is 12.3. The molecule has 0 saturated heterocycles. The summed E-state index contributed by atoms with van der Waals surface area (Å²) in [7, 11) is -1.44. The fourth-order valence-electron chi connectivity index (χ4n) is 1.99. The summed E-state index contributed by atoms with van der Waals surface area (Å²) in [5.41, 5.74) is 1.74. The van der Waals surface area contributed by atoms with Crippen LogP contribution >= 0.6 is 0 Å². The average molecular weight is 346 g/mol. The molecule has 0 bridgehead atoms. The van der Waals surface area contributed by atoms with E-state index >= 15 is 0 Å². The van der Waals surface area contributed by atoms with Gasteiger partial charge in [-0.15, -0.1) is 0 Å². The van der Waals surface area contributed by atoms with Crippen molar-refractivity contribution in [2.24, 2.45) is 0 Å². The van der Waals surface area contributed by atoms with E-state index in [1.54, 1.807) is 19.1 Å². The molecule has 2 unspecified atom stereocenters. The number of carboxylic acid groups (broad SMARTS) is 1. The van der Waals surface area contributed by atoms with Crippen LogP contribution in [0.3, 0.4) is 0 Å². The third kappa shape index (κ3) is 5.03. The Morgan fingerprint density at radius 1 is 1.04 bits per heavy atom. The third-order valence-corrected chi connectivity index (χ3v) is 5.06. The number of benzene rings is 2. The zero-order valence-corrected chi connectivity index (χ0v) is 14.0. The molecule has 0 aromatic heterocycles. The second-order valence-electron chi connectivity index (χ2n) is 5.26. The summed E-state index contributed by atoms with van der Waals surface area (Å²) < 4.78 is 17.5. The van der Waals surface area contributed by atoms with Crippen LogP contribution in [0.4, 0.5) is 0 Å². The second-order valence-corrected chi connectivity index (χ2v) is 7.02. The molecule has 24 heavy (non-hydrogen) atoms. The van der Waals surface area contributed by atoms with Crippen LogP contribution < -0.4 is 0 Å². The molecule has 1 N–H and O–H groups in total. The number of hydrogen-bond donors (Lipinski definition) is 1. The molecule has 2 aromatic carbocycles. The van der Waals surface area contributed by atoms with Crippen LogP contribution in [-0.2, 0) is 32.7 Å². The van der Waals surface area contributed by atoms with Crippen molar-refractivity contribution in [2.45, 2.75) is 24.5 Å². The van der Waals surface area contributed by atoms with Crippen LogP contribution in [-0.4, -0.2) is 26.5 Å². The van der Waals surface area contributed by atoms with Crippen molar-refractivity contribution in [1.82, 2.24) is 0 Å². The van der Waals surface area contributed by atoms with Crippen molar-refractivity contribution >= 4 is 22.7 Å². The first kappa shape index (κ1) is 17.9. The van der Waals surface area contributed by atoms with Crippen molar-refractivity contribution in [1.29, 1.82) is 0 Å². The first-order chi connectivity index (χ1) is 11.5. The Labute approximate surface area is 142 Å². The fourth-order valence-corrected chi connectivity index (χ4v) is 3.04. The first-order valence-corrected chi connectivity index (χ1v) is 8.75. The van der Waals surface area contributed by atoms with Crippen LogP contribution in [0.5, 0.6) is 0 Å². The van der Waals surface area contributed by atoms with E-state index in [-0.39, 0.29) is 17.9 Å². The van der Waals surface area contributed by atoms with Gasteiger partial charge in [0.05, 0.1) is 5.56 Å². The van der Waals surface area contributed by atoms with E-state index in [4.69, 9.17) is 9.84 Å². The zero-order chi connectivity index (χ0) is 17.5. The van der Waals surface area contributed by atoms with Gasteiger partial charge in [0.25, 0.3) is 0 Å². The molecule has 0 aliphatic carbocycles. The van der Waals surface area contributed by atoms with Gasteiger partial charge in [0.2, 0.25) is 0 Å². The molecule has 0 saturated carbocycles. The van der Waals surface area contributed by atoms with Crippen LogP contribution in [0.25, 0.3) is 0 Å². The maximum absolute atomic E-state index is 12.3. The predicted molar refractivity (Wildman–Crippen MR) is 90.9 cm³/mol. The molecular weight excluding hydrogens is 328 g/mol. The smallest absolute Gasteiger partial charge is 0.335 e. The number of carbonyl (C=O) groups is 2. The van der Waals surface area contributed by atoms with Gasteiger partial charge in [-0.25, -0.2) is 4.79 Å². The standard InChI is InChI=1S/C18H18O5S/c1-13(18(21)23-11-14-5-3-2-4-6-14)24(22)12-15-7-9-16(10-8-15)17(19)20/h2-10,13H,11-12H2,1H3,(H,19,20). The zero-order valence-electron chi connectivity index (χ0n) is 13.2. The number of aromatic carboxylic acids is 1. The van der Waals surface area contributed by atoms with E-state index in [0.29, 0.717) is 5.56 Å². The molecule has 0 amide bonds. The minimum atomic E-state index is -1.44. The Kier molecular flexibility index (Phi) is 6.26. The fraction of sp³-hybridized carbons (Fsp3) is 0.222. The molecule has 0 radical (unpaired) electrons. The molecule has 0 aliphatic heterocycles. The number of hydrogen-bond acceptors (Lipinski definition) is 4. The van der Waals surface area contributed by atoms with Crippen molar-refractivity contribution in [3.63, 3.8) is 0 Å². The molecule has 126 valence electrons. The van der Waals surface area contributed by atoms with Gasteiger partial charge < -0.3 is 9.84 Å². The summed E-state index contributed by atoms with van der Waals surface area (Å²) >= 11 is 0. The summed E-state index contributed by atoms with van der Waals surface area (Å²) in [4.78, 5) is 22.8. The van der Waals surface area contributed by atoms with Crippen LogP contribution in [0.15, 0.2) is 54.6 Å². The lowest BCUT2D eigenvalue weighted by atomic mass is 10.1. The number of carboxylic acids is 1. The molecule has 6 heteroatoms. The molecule has 2 aromatic rings. The molecule has 0 fully saturated rings. The maximum Gasteiger partial charge on any atom is 0.335 e. The summed E-state index contributed by atoms with van der Waals surface area (Å²) in [5.74, 6) is -1.36. The van der Waals surface area contributed by atoms with Crippen LogP contribution in [0.2, 0.25) is 0 Å². The predicted octanol–water partition coefficient (Wildman–Crippen LogP) is 2.77. The lowest BCUT2D eigenvalue weighted by Crippen LogP contribution is -2.25. The normalized spacial score (nSPS) is 13.0. The molecular formula is C18H18O5S. The number of carbonyl (C=O) groups excluding carboxylic acids is 1. The van der Waals surface area contributed by atoms with Gasteiger partial charge in [0.1, 0.15) is 11.9 Å². The van der Waals surface area contributed by atoms with E-state index in [1.807, 2.05) is 30.3 Å². The van der Waals surface area contributed by atoms with Gasteiger partial charge in [-0.1, -0.05) is 42.5 Å². The lowest BCUT2D eigenvalue weighted by Gasteiger charge is -2.12. The molecule has 0 spiro atoms. The minimum absolute atomic E-state index is 0.147. The largest absolute Gasteiger partial charge is 0.478 e. The molecule has 2 atom stereocenters. The number of rotatable bonds is 7.